The number of para-hydroxylation sites is 1. The van der Waals surface area contributed by atoms with E-state index in [9.17, 15) is 27.9 Å². The molecule has 0 aliphatic heterocycles. The lowest BCUT2D eigenvalue weighted by atomic mass is 10.2. The van der Waals surface area contributed by atoms with Gasteiger partial charge in [-0.05, 0) is 67.1 Å². The minimum Gasteiger partial charge on any atom is -0.480 e. The summed E-state index contributed by atoms with van der Waals surface area (Å²) in [5.41, 5.74) is 1.99. The van der Waals surface area contributed by atoms with E-state index in [1.807, 2.05) is 0 Å². The van der Waals surface area contributed by atoms with Gasteiger partial charge in [-0.15, -0.1) is 0 Å². The number of aliphatic carboxylic acids is 1. The van der Waals surface area contributed by atoms with Crippen molar-refractivity contribution in [1.82, 2.24) is 0 Å². The summed E-state index contributed by atoms with van der Waals surface area (Å²) < 4.78 is 30.9. The van der Waals surface area contributed by atoms with Crippen LogP contribution < -0.4 is 10.6 Å². The van der Waals surface area contributed by atoms with Gasteiger partial charge in [0.25, 0.3) is 5.91 Å². The average Bonchev–Trinajstić information content (AvgIpc) is 2.84. The summed E-state index contributed by atoms with van der Waals surface area (Å²) in [6.07, 6.45) is -1.29. The maximum Gasteiger partial charge on any atom is 0.411 e. The Morgan fingerprint density at radius 2 is 1.58 bits per heavy atom. The number of amides is 2. The molecule has 3 aromatic carbocycles. The van der Waals surface area contributed by atoms with Crippen LogP contribution in [-0.4, -0.2) is 43.4 Å². The Bertz CT molecular complexity index is 1360. The zero-order valence-electron chi connectivity index (χ0n) is 19.1. The van der Waals surface area contributed by atoms with Gasteiger partial charge in [-0.1, -0.05) is 29.8 Å². The van der Waals surface area contributed by atoms with Crippen molar-refractivity contribution in [2.75, 3.05) is 17.2 Å². The molecule has 0 fully saturated rings. The smallest absolute Gasteiger partial charge is 0.411 e. The number of halogens is 1. The van der Waals surface area contributed by atoms with Gasteiger partial charge in [-0.25, -0.2) is 13.2 Å². The second-order valence-electron chi connectivity index (χ2n) is 7.72. The molecule has 1 unspecified atom stereocenters. The normalized spacial score (nSPS) is 11.8. The molecule has 1 atom stereocenters. The molecule has 3 N–H and O–H groups in total. The van der Waals surface area contributed by atoms with Gasteiger partial charge < -0.3 is 15.2 Å². The van der Waals surface area contributed by atoms with Gasteiger partial charge in [0.1, 0.15) is 0 Å². The number of anilines is 2. The van der Waals surface area contributed by atoms with Crippen LogP contribution in [0.15, 0.2) is 77.7 Å². The summed E-state index contributed by atoms with van der Waals surface area (Å²) in [6, 6.07) is 18.3. The highest BCUT2D eigenvalue weighted by atomic mass is 35.5. The van der Waals surface area contributed by atoms with Gasteiger partial charge in [0, 0.05) is 28.4 Å². The Kier molecular flexibility index (Phi) is 8.68. The molecule has 11 heteroatoms. The van der Waals surface area contributed by atoms with Crippen LogP contribution in [0.3, 0.4) is 0 Å². The van der Waals surface area contributed by atoms with Crippen LogP contribution in [0, 0.1) is 6.92 Å². The molecule has 3 rings (SSSR count). The average molecular weight is 531 g/mol. The van der Waals surface area contributed by atoms with Crippen LogP contribution in [0.5, 0.6) is 0 Å². The fourth-order valence-corrected chi connectivity index (χ4v) is 4.87. The molecule has 0 saturated heterocycles. The first kappa shape index (κ1) is 26.7. The third kappa shape index (κ3) is 6.83. The molecule has 9 nitrogen and oxygen atoms in total. The highest BCUT2D eigenvalue weighted by molar-refractivity contribution is 7.92. The summed E-state index contributed by atoms with van der Waals surface area (Å²) in [5.74, 6) is -2.06. The summed E-state index contributed by atoms with van der Waals surface area (Å²) in [4.78, 5) is 35.9. The van der Waals surface area contributed by atoms with Crippen LogP contribution in [0.25, 0.3) is 0 Å². The largest absolute Gasteiger partial charge is 0.480 e. The molecule has 0 bridgehead atoms. The maximum absolute atomic E-state index is 12.9. The molecule has 3 aromatic rings. The predicted molar refractivity (Wildman–Crippen MR) is 135 cm³/mol. The monoisotopic (exact) mass is 530 g/mol. The molecule has 2 amide bonds. The van der Waals surface area contributed by atoms with E-state index in [4.69, 9.17) is 16.3 Å². The third-order valence-electron chi connectivity index (χ3n) is 5.19. The quantitative estimate of drug-likeness (QED) is 0.362. The number of ether oxygens (including phenoxy) is 1. The van der Waals surface area contributed by atoms with Crippen molar-refractivity contribution in [3.63, 3.8) is 0 Å². The molecule has 0 aliphatic rings. The molecule has 0 saturated carbocycles. The molecule has 0 spiro atoms. The molecular formula is C25H23ClN2O7S. The summed E-state index contributed by atoms with van der Waals surface area (Å²) in [7, 11) is -4.33. The van der Waals surface area contributed by atoms with E-state index < -0.39 is 46.1 Å². The Labute approximate surface area is 213 Å². The Morgan fingerprint density at radius 1 is 0.944 bits per heavy atom. The number of carbonyl (C=O) groups excluding carboxylic acids is 2. The van der Waals surface area contributed by atoms with Crippen LogP contribution in [-0.2, 0) is 19.4 Å². The van der Waals surface area contributed by atoms with E-state index in [1.54, 1.807) is 55.5 Å². The fourth-order valence-electron chi connectivity index (χ4n) is 3.23. The van der Waals surface area contributed by atoms with E-state index >= 15 is 0 Å². The summed E-state index contributed by atoms with van der Waals surface area (Å²) in [5, 5.41) is 13.3. The maximum atomic E-state index is 12.9. The van der Waals surface area contributed by atoms with Crippen molar-refractivity contribution in [3.8, 4) is 0 Å². The van der Waals surface area contributed by atoms with E-state index in [-0.39, 0.29) is 10.5 Å². The molecule has 0 heterocycles. The van der Waals surface area contributed by atoms with Crippen molar-refractivity contribution in [3.05, 3.63) is 88.9 Å². The number of aryl methyl sites for hydroxylation is 1. The Morgan fingerprint density at radius 3 is 2.19 bits per heavy atom. The van der Waals surface area contributed by atoms with Crippen LogP contribution in [0.4, 0.5) is 16.2 Å². The Hall–Kier alpha value is -3.89. The molecule has 188 valence electrons. The Balaban J connectivity index is 1.63. The standard InChI is InChI=1S/C25H23ClN2O7S/c1-16-4-2-3-5-21(16)28-25(32)35-15-14-22(24(30)31)36(33,34)20-12-6-17(7-13-20)23(29)27-19-10-8-18(26)9-11-19/h2-13,22H,14-15H2,1H3,(H,27,29)(H,28,32)(H,30,31). The van der Waals surface area contributed by atoms with Crippen molar-refractivity contribution < 1.29 is 32.6 Å². The van der Waals surface area contributed by atoms with E-state index in [2.05, 4.69) is 10.6 Å². The number of carboxylic acids is 1. The van der Waals surface area contributed by atoms with Crippen LogP contribution in [0.1, 0.15) is 22.3 Å². The first-order chi connectivity index (χ1) is 17.1. The van der Waals surface area contributed by atoms with Gasteiger partial charge >= 0.3 is 12.1 Å². The predicted octanol–water partition coefficient (Wildman–Crippen LogP) is 4.77. The second kappa shape index (κ2) is 11.7. The zero-order valence-corrected chi connectivity index (χ0v) is 20.7. The van der Waals surface area contributed by atoms with Crippen molar-refractivity contribution in [1.29, 1.82) is 0 Å². The number of nitrogens with one attached hydrogen (secondary N) is 2. The van der Waals surface area contributed by atoms with E-state index in [1.165, 1.54) is 12.1 Å². The minimum absolute atomic E-state index is 0.173. The lowest BCUT2D eigenvalue weighted by Gasteiger charge is -2.15. The minimum atomic E-state index is -4.33. The number of hydrogen-bond donors (Lipinski definition) is 3. The van der Waals surface area contributed by atoms with Gasteiger partial charge in [0.2, 0.25) is 0 Å². The number of carboxylic acid groups (broad SMARTS) is 1. The fraction of sp³-hybridized carbons (Fsp3) is 0.160. The van der Waals surface area contributed by atoms with Gasteiger partial charge in [-0.3, -0.25) is 14.9 Å². The summed E-state index contributed by atoms with van der Waals surface area (Å²) in [6.45, 7) is 1.35. The third-order valence-corrected chi connectivity index (χ3v) is 7.56. The van der Waals surface area contributed by atoms with Gasteiger partial charge in [-0.2, -0.15) is 0 Å². The first-order valence-corrected chi connectivity index (χ1v) is 12.6. The SMILES string of the molecule is Cc1ccccc1NC(=O)OCCC(C(=O)O)S(=O)(=O)c1ccc(C(=O)Nc2ccc(Cl)cc2)cc1. The number of rotatable bonds is 9. The van der Waals surface area contributed by atoms with E-state index in [0.29, 0.717) is 16.4 Å². The molecule has 36 heavy (non-hydrogen) atoms. The van der Waals surface area contributed by atoms with Crippen molar-refractivity contribution >= 4 is 50.8 Å². The molecule has 0 aliphatic carbocycles. The van der Waals surface area contributed by atoms with Crippen LogP contribution >= 0.6 is 11.6 Å². The first-order valence-electron chi connectivity index (χ1n) is 10.7. The summed E-state index contributed by atoms with van der Waals surface area (Å²) >= 11 is 5.82. The van der Waals surface area contributed by atoms with E-state index in [0.717, 1.165) is 17.7 Å². The number of carbonyl (C=O) groups is 3. The zero-order chi connectivity index (χ0) is 26.3. The second-order valence-corrected chi connectivity index (χ2v) is 10.3. The number of benzene rings is 3. The van der Waals surface area contributed by atoms with Crippen molar-refractivity contribution in [2.24, 2.45) is 0 Å². The highest BCUT2D eigenvalue weighted by Crippen LogP contribution is 2.21. The van der Waals surface area contributed by atoms with Gasteiger partial charge in [0.05, 0.1) is 11.5 Å². The molecule has 0 radical (unpaired) electrons. The van der Waals surface area contributed by atoms with Gasteiger partial charge in [0.15, 0.2) is 15.1 Å². The van der Waals surface area contributed by atoms with Crippen molar-refractivity contribution in [2.45, 2.75) is 23.5 Å². The lowest BCUT2D eigenvalue weighted by Crippen LogP contribution is -2.32. The number of sulfone groups is 1. The topological polar surface area (TPSA) is 139 Å². The molecule has 0 aromatic heterocycles. The lowest BCUT2D eigenvalue weighted by molar-refractivity contribution is -0.136. The number of hydrogen-bond acceptors (Lipinski definition) is 6. The van der Waals surface area contributed by atoms with Crippen LogP contribution in [0.2, 0.25) is 5.02 Å². The highest BCUT2D eigenvalue weighted by Gasteiger charge is 2.34. The molecular weight excluding hydrogens is 508 g/mol.